The van der Waals surface area contributed by atoms with Crippen molar-refractivity contribution in [1.29, 1.82) is 0 Å². The second kappa shape index (κ2) is 12.4. The normalized spacial score (nSPS) is 11.8. The average Bonchev–Trinajstić information content (AvgIpc) is 2.87. The molecule has 1 N–H and O–H groups in total. The molecule has 0 bridgehead atoms. The van der Waals surface area contributed by atoms with Crippen LogP contribution in [0.1, 0.15) is 15.9 Å². The summed E-state index contributed by atoms with van der Waals surface area (Å²) < 4.78 is 56.9. The molecule has 1 amide bonds. The van der Waals surface area contributed by atoms with Crippen molar-refractivity contribution in [3.63, 3.8) is 0 Å². The maximum atomic E-state index is 12.5. The summed E-state index contributed by atoms with van der Waals surface area (Å²) in [5.74, 6) is 0.141. The third kappa shape index (κ3) is 7.39. The van der Waals surface area contributed by atoms with Crippen molar-refractivity contribution in [3.05, 3.63) is 87.9 Å². The second-order valence-corrected chi connectivity index (χ2v) is 13.2. The minimum Gasteiger partial charge on any atom is -0.492 e. The zero-order chi connectivity index (χ0) is 28.1. The van der Waals surface area contributed by atoms with Crippen LogP contribution in [0.2, 0.25) is 10.0 Å². The molecule has 38 heavy (non-hydrogen) atoms. The van der Waals surface area contributed by atoms with Gasteiger partial charge in [-0.05, 0) is 54.1 Å². The average molecular weight is 601 g/mol. The Kier molecular flexibility index (Phi) is 9.66. The third-order valence-electron chi connectivity index (χ3n) is 5.40. The largest absolute Gasteiger partial charge is 0.492 e. The van der Waals surface area contributed by atoms with E-state index in [4.69, 9.17) is 27.9 Å². The van der Waals surface area contributed by atoms with Crippen LogP contribution in [0.5, 0.6) is 5.75 Å². The van der Waals surface area contributed by atoms with E-state index < -0.39 is 20.0 Å². The Morgan fingerprint density at radius 3 is 2.13 bits per heavy atom. The molecule has 3 aromatic carbocycles. The van der Waals surface area contributed by atoms with Gasteiger partial charge in [0.1, 0.15) is 12.4 Å². The number of hydrogen-bond acceptors (Lipinski definition) is 6. The molecule has 0 unspecified atom stereocenters. The summed E-state index contributed by atoms with van der Waals surface area (Å²) in [6.07, 6.45) is 1.08. The minimum atomic E-state index is -3.67. The molecule has 3 aromatic rings. The fraction of sp³-hybridized carbons (Fsp3) is 0.240. The fourth-order valence-corrected chi connectivity index (χ4v) is 5.59. The quantitative estimate of drug-likeness (QED) is 0.333. The van der Waals surface area contributed by atoms with Crippen LogP contribution in [-0.2, 0) is 26.6 Å². The molecule has 0 saturated carbocycles. The molecular formula is C25H27Cl2N3O6S2. The predicted octanol–water partition coefficient (Wildman–Crippen LogP) is 4.02. The van der Waals surface area contributed by atoms with Crippen molar-refractivity contribution >= 4 is 54.8 Å². The molecule has 9 nitrogen and oxygen atoms in total. The van der Waals surface area contributed by atoms with Crippen molar-refractivity contribution in [2.24, 2.45) is 0 Å². The zero-order valence-electron chi connectivity index (χ0n) is 20.9. The number of carbonyl (C=O) groups is 1. The highest BCUT2D eigenvalue weighted by Gasteiger charge is 2.22. The van der Waals surface area contributed by atoms with E-state index >= 15 is 0 Å². The van der Waals surface area contributed by atoms with Gasteiger partial charge in [0.25, 0.3) is 5.91 Å². The van der Waals surface area contributed by atoms with E-state index in [2.05, 4.69) is 5.32 Å². The maximum Gasteiger partial charge on any atom is 0.251 e. The number of hydrogen-bond donors (Lipinski definition) is 1. The van der Waals surface area contributed by atoms with Gasteiger partial charge in [0.2, 0.25) is 20.0 Å². The number of nitrogens with zero attached hydrogens (tertiary/aromatic N) is 2. The predicted molar refractivity (Wildman–Crippen MR) is 149 cm³/mol. The number of amides is 1. The van der Waals surface area contributed by atoms with Crippen LogP contribution in [0.4, 0.5) is 5.69 Å². The molecule has 13 heteroatoms. The summed E-state index contributed by atoms with van der Waals surface area (Å²) in [4.78, 5) is 12.6. The molecule has 204 valence electrons. The number of halogens is 2. The lowest BCUT2D eigenvalue weighted by atomic mass is 10.1. The fourth-order valence-electron chi connectivity index (χ4n) is 3.35. The lowest BCUT2D eigenvalue weighted by Crippen LogP contribution is -2.30. The van der Waals surface area contributed by atoms with Gasteiger partial charge in [-0.25, -0.2) is 21.1 Å². The maximum absolute atomic E-state index is 12.5. The summed E-state index contributed by atoms with van der Waals surface area (Å²) >= 11 is 12.3. The van der Waals surface area contributed by atoms with E-state index in [-0.39, 0.29) is 46.2 Å². The lowest BCUT2D eigenvalue weighted by Gasteiger charge is -2.24. The van der Waals surface area contributed by atoms with Crippen molar-refractivity contribution < 1.29 is 26.4 Å². The van der Waals surface area contributed by atoms with Crippen molar-refractivity contribution in [3.8, 4) is 5.75 Å². The van der Waals surface area contributed by atoms with E-state index in [9.17, 15) is 21.6 Å². The number of rotatable bonds is 11. The van der Waals surface area contributed by atoms with Crippen LogP contribution in [0.25, 0.3) is 0 Å². The third-order valence-corrected chi connectivity index (χ3v) is 9.17. The zero-order valence-corrected chi connectivity index (χ0v) is 24.0. The molecular weight excluding hydrogens is 573 g/mol. The highest BCUT2D eigenvalue weighted by molar-refractivity contribution is 7.92. The Hall–Kier alpha value is -2.83. The summed E-state index contributed by atoms with van der Waals surface area (Å²) in [6.45, 7) is 0.393. The van der Waals surface area contributed by atoms with Gasteiger partial charge < -0.3 is 10.1 Å². The Bertz CT molecular complexity index is 1500. The molecule has 0 spiro atoms. The first kappa shape index (κ1) is 29.7. The number of nitrogens with one attached hydrogen (secondary N) is 1. The summed E-state index contributed by atoms with van der Waals surface area (Å²) in [6, 6.07) is 17.3. The first-order valence-electron chi connectivity index (χ1n) is 11.2. The molecule has 0 radical (unpaired) electrons. The van der Waals surface area contributed by atoms with Crippen LogP contribution in [0, 0.1) is 0 Å². The standard InChI is InChI=1S/C25H27Cl2N3O6S2/c1-29(2)38(34,35)21-13-11-20(12-14-21)36-16-15-28-25(31)19-9-7-18(8-10-19)17-30(37(3,32)33)23-6-4-5-22(26)24(23)27/h4-14H,15-17H2,1-3H3,(H,28,31). The first-order valence-corrected chi connectivity index (χ1v) is 15.3. The number of sulfonamides is 2. The second-order valence-electron chi connectivity index (χ2n) is 8.40. The van der Waals surface area contributed by atoms with E-state index in [1.807, 2.05) is 0 Å². The Morgan fingerprint density at radius 2 is 1.55 bits per heavy atom. The van der Waals surface area contributed by atoms with E-state index in [1.165, 1.54) is 26.2 Å². The Morgan fingerprint density at radius 1 is 0.921 bits per heavy atom. The van der Waals surface area contributed by atoms with Crippen molar-refractivity contribution in [1.82, 2.24) is 9.62 Å². The number of ether oxygens (including phenoxy) is 1. The van der Waals surface area contributed by atoms with Gasteiger partial charge >= 0.3 is 0 Å². The summed E-state index contributed by atoms with van der Waals surface area (Å²) in [5.41, 5.74) is 1.29. The van der Waals surface area contributed by atoms with Gasteiger partial charge in [0.15, 0.2) is 0 Å². The number of benzene rings is 3. The first-order chi connectivity index (χ1) is 17.8. The number of carbonyl (C=O) groups excluding carboxylic acids is 1. The molecule has 0 saturated heterocycles. The van der Waals surface area contributed by atoms with Gasteiger partial charge in [-0.3, -0.25) is 9.10 Å². The molecule has 0 heterocycles. The topological polar surface area (TPSA) is 113 Å². The molecule has 0 atom stereocenters. The van der Waals surface area contributed by atoms with Crippen LogP contribution < -0.4 is 14.4 Å². The van der Waals surface area contributed by atoms with Gasteiger partial charge in [-0.2, -0.15) is 0 Å². The van der Waals surface area contributed by atoms with E-state index in [0.717, 1.165) is 14.9 Å². The van der Waals surface area contributed by atoms with Gasteiger partial charge in [0.05, 0.1) is 40.0 Å². The summed E-state index contributed by atoms with van der Waals surface area (Å²) in [7, 11) is -4.28. The van der Waals surface area contributed by atoms with Crippen LogP contribution in [0.15, 0.2) is 71.6 Å². The van der Waals surface area contributed by atoms with Gasteiger partial charge in [0, 0.05) is 19.7 Å². The van der Waals surface area contributed by atoms with Crippen LogP contribution in [-0.4, -0.2) is 60.6 Å². The van der Waals surface area contributed by atoms with Crippen molar-refractivity contribution in [2.45, 2.75) is 11.4 Å². The Balaban J connectivity index is 1.56. The summed E-state index contributed by atoms with van der Waals surface area (Å²) in [5, 5.41) is 3.11. The monoisotopic (exact) mass is 599 g/mol. The van der Waals surface area contributed by atoms with E-state index in [1.54, 1.807) is 54.6 Å². The highest BCUT2D eigenvalue weighted by Crippen LogP contribution is 2.34. The SMILES string of the molecule is CN(C)S(=O)(=O)c1ccc(OCCNC(=O)c2ccc(CN(c3cccc(Cl)c3Cl)S(C)(=O)=O)cc2)cc1. The Labute approximate surface area is 233 Å². The van der Waals surface area contributed by atoms with Crippen molar-refractivity contribution in [2.75, 3.05) is 37.8 Å². The van der Waals surface area contributed by atoms with Gasteiger partial charge in [-0.1, -0.05) is 41.4 Å². The minimum absolute atomic E-state index is 0.00324. The lowest BCUT2D eigenvalue weighted by molar-refractivity contribution is 0.0947. The van der Waals surface area contributed by atoms with Crippen LogP contribution >= 0.6 is 23.2 Å². The van der Waals surface area contributed by atoms with Crippen LogP contribution in [0.3, 0.4) is 0 Å². The smallest absolute Gasteiger partial charge is 0.251 e. The molecule has 0 aliphatic rings. The van der Waals surface area contributed by atoms with E-state index in [0.29, 0.717) is 16.9 Å². The molecule has 3 rings (SSSR count). The molecule has 0 aromatic heterocycles. The van der Waals surface area contributed by atoms with Gasteiger partial charge in [-0.15, -0.1) is 0 Å². The molecule has 0 aliphatic carbocycles. The highest BCUT2D eigenvalue weighted by atomic mass is 35.5. The molecule has 0 aliphatic heterocycles. The molecule has 0 fully saturated rings. The number of anilines is 1.